The number of esters is 1. The van der Waals surface area contributed by atoms with Crippen LogP contribution in [0, 0.1) is 0 Å². The SMILES string of the molecule is CCC[CH2][Sn](/[CH]=C/C(C)=C/C=C/C=C/C(=O)OCC)([CH2]CCC)[CH2]CCC. The normalized spacial score (nSPS) is 13.3. The second-order valence-electron chi connectivity index (χ2n) is 7.41. The van der Waals surface area contributed by atoms with Gasteiger partial charge in [-0.25, -0.2) is 0 Å². The molecule has 0 unspecified atom stereocenters. The third-order valence-electron chi connectivity index (χ3n) is 4.88. The number of ether oxygens (including phenoxy) is 1. The molecular weight excluding hydrogens is 439 g/mol. The van der Waals surface area contributed by atoms with E-state index in [2.05, 4.69) is 43.9 Å². The van der Waals surface area contributed by atoms with Gasteiger partial charge in [-0.15, -0.1) is 0 Å². The quantitative estimate of drug-likeness (QED) is 0.105. The van der Waals surface area contributed by atoms with Crippen molar-refractivity contribution in [2.24, 2.45) is 0 Å². The summed E-state index contributed by atoms with van der Waals surface area (Å²) < 4.78 is 12.1. The van der Waals surface area contributed by atoms with E-state index in [-0.39, 0.29) is 5.97 Å². The van der Waals surface area contributed by atoms with E-state index in [0.29, 0.717) is 6.61 Å². The summed E-state index contributed by atoms with van der Waals surface area (Å²) in [6.07, 6.45) is 19.7. The maximum absolute atomic E-state index is 11.2. The summed E-state index contributed by atoms with van der Waals surface area (Å²) in [5.41, 5.74) is 1.29. The first-order valence-corrected chi connectivity index (χ1v) is 18.6. The van der Waals surface area contributed by atoms with E-state index in [1.807, 2.05) is 19.1 Å². The first kappa shape index (κ1) is 26.2. The molecule has 154 valence electrons. The minimum absolute atomic E-state index is 0.288. The molecular formula is C24H42O2Sn. The van der Waals surface area contributed by atoms with Crippen LogP contribution >= 0.6 is 0 Å². The Morgan fingerprint density at radius 2 is 1.37 bits per heavy atom. The average molecular weight is 481 g/mol. The summed E-state index contributed by atoms with van der Waals surface area (Å²) in [6, 6.07) is 0. The van der Waals surface area contributed by atoms with Gasteiger partial charge in [-0.2, -0.15) is 0 Å². The first-order chi connectivity index (χ1) is 13.0. The summed E-state index contributed by atoms with van der Waals surface area (Å²) in [4.78, 5) is 11.2. The number of carbonyl (C=O) groups excluding carboxylic acids is 1. The molecule has 0 spiro atoms. The van der Waals surface area contributed by atoms with Gasteiger partial charge in [0, 0.05) is 0 Å². The molecule has 0 bridgehead atoms. The molecule has 0 aromatic carbocycles. The predicted molar refractivity (Wildman–Crippen MR) is 123 cm³/mol. The van der Waals surface area contributed by atoms with Crippen molar-refractivity contribution in [3.8, 4) is 0 Å². The van der Waals surface area contributed by atoms with E-state index in [1.165, 1.54) is 63.5 Å². The Hall–Kier alpha value is -0.771. The summed E-state index contributed by atoms with van der Waals surface area (Å²) in [5.74, 6) is -0.288. The van der Waals surface area contributed by atoms with E-state index >= 15 is 0 Å². The number of carbonyl (C=O) groups is 1. The van der Waals surface area contributed by atoms with Crippen LogP contribution in [-0.2, 0) is 9.53 Å². The molecule has 0 fully saturated rings. The Morgan fingerprint density at radius 1 is 0.815 bits per heavy atom. The molecule has 0 saturated carbocycles. The van der Waals surface area contributed by atoms with Gasteiger partial charge in [0.15, 0.2) is 0 Å². The van der Waals surface area contributed by atoms with Gasteiger partial charge in [0.25, 0.3) is 0 Å². The summed E-state index contributed by atoms with van der Waals surface area (Å²) in [5, 5.41) is 0. The summed E-state index contributed by atoms with van der Waals surface area (Å²) in [7, 11) is 0. The molecule has 0 atom stereocenters. The molecule has 0 saturated heterocycles. The fourth-order valence-corrected chi connectivity index (χ4v) is 17.6. The van der Waals surface area contributed by atoms with Gasteiger partial charge >= 0.3 is 173 Å². The van der Waals surface area contributed by atoms with Crippen molar-refractivity contribution in [3.63, 3.8) is 0 Å². The topological polar surface area (TPSA) is 26.3 Å². The van der Waals surface area contributed by atoms with Crippen molar-refractivity contribution in [1.82, 2.24) is 0 Å². The number of allylic oxidation sites excluding steroid dienone is 6. The van der Waals surface area contributed by atoms with Crippen molar-refractivity contribution in [3.05, 3.63) is 46.1 Å². The van der Waals surface area contributed by atoms with Gasteiger partial charge in [0.1, 0.15) is 0 Å². The second-order valence-corrected chi connectivity index (χ2v) is 20.4. The Labute approximate surface area is 172 Å². The Morgan fingerprint density at radius 3 is 1.85 bits per heavy atom. The molecule has 0 aromatic heterocycles. The molecule has 2 nitrogen and oxygen atoms in total. The summed E-state index contributed by atoms with van der Waals surface area (Å²) >= 11 is -2.18. The third-order valence-corrected chi connectivity index (χ3v) is 18.9. The van der Waals surface area contributed by atoms with Crippen molar-refractivity contribution in [2.75, 3.05) is 6.61 Å². The molecule has 0 aliphatic carbocycles. The van der Waals surface area contributed by atoms with Gasteiger partial charge in [-0.3, -0.25) is 0 Å². The maximum atomic E-state index is 11.2. The first-order valence-electron chi connectivity index (χ1n) is 10.9. The van der Waals surface area contributed by atoms with Gasteiger partial charge in [-0.05, 0) is 0 Å². The van der Waals surface area contributed by atoms with Crippen molar-refractivity contribution in [1.29, 1.82) is 0 Å². The molecule has 0 amide bonds. The van der Waals surface area contributed by atoms with Gasteiger partial charge in [0.2, 0.25) is 0 Å². The van der Waals surface area contributed by atoms with Crippen molar-refractivity contribution in [2.45, 2.75) is 86.5 Å². The molecule has 0 aromatic rings. The molecule has 0 rings (SSSR count). The zero-order valence-corrected chi connectivity index (χ0v) is 21.3. The Bertz CT molecular complexity index is 479. The third kappa shape index (κ3) is 14.0. The molecule has 0 radical (unpaired) electrons. The predicted octanol–water partition coefficient (Wildman–Crippen LogP) is 7.55. The summed E-state index contributed by atoms with van der Waals surface area (Å²) in [6.45, 7) is 11.4. The molecule has 0 aliphatic heterocycles. The monoisotopic (exact) mass is 482 g/mol. The van der Waals surface area contributed by atoms with E-state index in [0.717, 1.165) is 0 Å². The Kier molecular flexibility index (Phi) is 16.8. The van der Waals surface area contributed by atoms with E-state index in [9.17, 15) is 4.79 Å². The van der Waals surface area contributed by atoms with Crippen LogP contribution in [0.15, 0.2) is 46.1 Å². The minimum atomic E-state index is -2.18. The average Bonchev–Trinajstić information content (AvgIpc) is 2.66. The number of rotatable bonds is 15. The molecule has 0 aliphatic rings. The molecule has 27 heavy (non-hydrogen) atoms. The number of unbranched alkanes of at least 4 members (excludes halogenated alkanes) is 3. The van der Waals surface area contributed by atoms with Crippen LogP contribution in [-0.4, -0.2) is 31.0 Å². The van der Waals surface area contributed by atoms with Crippen LogP contribution in [0.1, 0.15) is 73.1 Å². The molecule has 0 N–H and O–H groups in total. The van der Waals surface area contributed by atoms with Gasteiger partial charge in [-0.1, -0.05) is 0 Å². The van der Waals surface area contributed by atoms with Crippen molar-refractivity contribution < 1.29 is 9.53 Å². The number of hydrogen-bond donors (Lipinski definition) is 0. The fourth-order valence-electron chi connectivity index (χ4n) is 3.17. The standard InChI is InChI=1S/C12H15O2.3C4H9.Sn/c1-4-11(3)9-7-6-8-10-12(13)14-5-2;3*1-3-4-2;/h1,4,6-10H,5H2,2-3H3;3*1,3-4H2,2H3;/b4-1?,7-6+,10-8+,11-9+;;;;. The van der Waals surface area contributed by atoms with E-state index in [4.69, 9.17) is 4.74 Å². The fraction of sp³-hybridized carbons (Fsp3) is 0.625. The van der Waals surface area contributed by atoms with Crippen LogP contribution in [0.4, 0.5) is 0 Å². The molecule has 3 heteroatoms. The van der Waals surface area contributed by atoms with Crippen LogP contribution in [0.2, 0.25) is 13.3 Å². The zero-order chi connectivity index (χ0) is 20.4. The molecule has 0 heterocycles. The van der Waals surface area contributed by atoms with Gasteiger partial charge < -0.3 is 0 Å². The number of hydrogen-bond acceptors (Lipinski definition) is 2. The van der Waals surface area contributed by atoms with Crippen LogP contribution in [0.5, 0.6) is 0 Å². The van der Waals surface area contributed by atoms with E-state index in [1.54, 1.807) is 6.08 Å². The second kappa shape index (κ2) is 17.3. The van der Waals surface area contributed by atoms with E-state index < -0.39 is 18.4 Å². The van der Waals surface area contributed by atoms with Crippen LogP contribution in [0.25, 0.3) is 0 Å². The van der Waals surface area contributed by atoms with Crippen molar-refractivity contribution >= 4 is 24.3 Å². The zero-order valence-electron chi connectivity index (χ0n) is 18.4. The van der Waals surface area contributed by atoms with Crippen LogP contribution in [0.3, 0.4) is 0 Å². The Balaban J connectivity index is 5.02. The van der Waals surface area contributed by atoms with Crippen LogP contribution < -0.4 is 0 Å². The van der Waals surface area contributed by atoms with Gasteiger partial charge in [0.05, 0.1) is 0 Å².